The lowest BCUT2D eigenvalue weighted by atomic mass is 9.92. The van der Waals surface area contributed by atoms with Crippen LogP contribution in [0.2, 0.25) is 5.02 Å². The van der Waals surface area contributed by atoms with Crippen LogP contribution < -0.4 is 10.1 Å². The Bertz CT molecular complexity index is 903. The lowest BCUT2D eigenvalue weighted by Gasteiger charge is -2.28. The van der Waals surface area contributed by atoms with E-state index in [-0.39, 0.29) is 18.1 Å². The van der Waals surface area contributed by atoms with E-state index in [0.717, 1.165) is 31.4 Å². The van der Waals surface area contributed by atoms with Gasteiger partial charge in [0, 0.05) is 29.7 Å². The summed E-state index contributed by atoms with van der Waals surface area (Å²) in [5, 5.41) is 3.62. The third kappa shape index (κ3) is 4.51. The molecule has 0 radical (unpaired) electrons. The molecule has 0 aliphatic heterocycles. The first-order chi connectivity index (χ1) is 13.7. The molecular formula is C21H21ClN4O2. The van der Waals surface area contributed by atoms with E-state index in [9.17, 15) is 4.79 Å². The number of aromatic nitrogens is 3. The van der Waals surface area contributed by atoms with Crippen molar-refractivity contribution in [1.29, 1.82) is 0 Å². The topological polar surface area (TPSA) is 69.0 Å². The number of amides is 1. The summed E-state index contributed by atoms with van der Waals surface area (Å²) in [5.74, 6) is -0.0375. The highest BCUT2D eigenvalue weighted by Crippen LogP contribution is 2.23. The third-order valence-electron chi connectivity index (χ3n) is 4.91. The lowest BCUT2D eigenvalue weighted by Crippen LogP contribution is -2.39. The standard InChI is InChI=1S/C21H21ClN4O2/c22-16-13-23-21(24-14-16)28-19-9-5-17(6-10-19)25-20(27)15-3-7-18(8-4-15)26-11-1-2-12-26/h1-4,7-8,11-14,17,19H,5-6,9-10H2,(H,25,27). The second-order valence-electron chi connectivity index (χ2n) is 6.89. The van der Waals surface area contributed by atoms with E-state index in [1.165, 1.54) is 12.4 Å². The summed E-state index contributed by atoms with van der Waals surface area (Å²) in [6, 6.07) is 12.1. The monoisotopic (exact) mass is 396 g/mol. The van der Waals surface area contributed by atoms with Gasteiger partial charge in [-0.05, 0) is 62.1 Å². The van der Waals surface area contributed by atoms with Gasteiger partial charge in [0.05, 0.1) is 17.4 Å². The van der Waals surface area contributed by atoms with Crippen LogP contribution in [0.4, 0.5) is 0 Å². The summed E-state index contributed by atoms with van der Waals surface area (Å²) >= 11 is 5.79. The van der Waals surface area contributed by atoms with Gasteiger partial charge in [0.2, 0.25) is 0 Å². The van der Waals surface area contributed by atoms with E-state index in [1.807, 2.05) is 53.4 Å². The van der Waals surface area contributed by atoms with Crippen molar-refractivity contribution in [3.63, 3.8) is 0 Å². The zero-order valence-electron chi connectivity index (χ0n) is 15.3. The molecule has 0 spiro atoms. The maximum atomic E-state index is 12.5. The highest BCUT2D eigenvalue weighted by molar-refractivity contribution is 6.30. The molecular weight excluding hydrogens is 376 g/mol. The van der Waals surface area contributed by atoms with E-state index in [0.29, 0.717) is 16.6 Å². The summed E-state index contributed by atoms with van der Waals surface area (Å²) in [4.78, 5) is 20.7. The Kier molecular flexibility index (Phi) is 5.58. The number of rotatable bonds is 5. The van der Waals surface area contributed by atoms with Crippen LogP contribution in [0.1, 0.15) is 36.0 Å². The molecule has 0 unspecified atom stereocenters. The Morgan fingerprint density at radius 3 is 2.32 bits per heavy atom. The molecule has 144 valence electrons. The van der Waals surface area contributed by atoms with Crippen molar-refractivity contribution in [2.45, 2.75) is 37.8 Å². The first-order valence-electron chi connectivity index (χ1n) is 9.36. The second kappa shape index (κ2) is 8.44. The fourth-order valence-corrected chi connectivity index (χ4v) is 3.49. The number of hydrogen-bond acceptors (Lipinski definition) is 4. The SMILES string of the molecule is O=C(NC1CCC(Oc2ncc(Cl)cn2)CC1)c1ccc(-n2cccc2)cc1. The number of benzene rings is 1. The minimum Gasteiger partial charge on any atom is -0.460 e. The molecule has 0 bridgehead atoms. The molecule has 1 N–H and O–H groups in total. The molecule has 2 heterocycles. The first-order valence-corrected chi connectivity index (χ1v) is 9.73. The van der Waals surface area contributed by atoms with Gasteiger partial charge in [-0.2, -0.15) is 0 Å². The van der Waals surface area contributed by atoms with Crippen molar-refractivity contribution in [3.05, 3.63) is 71.8 Å². The number of carbonyl (C=O) groups is 1. The highest BCUT2D eigenvalue weighted by Gasteiger charge is 2.24. The van der Waals surface area contributed by atoms with Crippen LogP contribution in [0.5, 0.6) is 6.01 Å². The number of halogens is 1. The van der Waals surface area contributed by atoms with Crippen molar-refractivity contribution in [3.8, 4) is 11.7 Å². The van der Waals surface area contributed by atoms with Gasteiger partial charge in [0.25, 0.3) is 5.91 Å². The average Bonchev–Trinajstić information content (AvgIpc) is 3.26. The summed E-state index contributed by atoms with van der Waals surface area (Å²) in [6.45, 7) is 0. The van der Waals surface area contributed by atoms with Crippen LogP contribution in [0.3, 0.4) is 0 Å². The molecule has 1 aromatic carbocycles. The fourth-order valence-electron chi connectivity index (χ4n) is 3.40. The number of ether oxygens (including phenoxy) is 1. The van der Waals surface area contributed by atoms with Crippen molar-refractivity contribution in [1.82, 2.24) is 19.9 Å². The van der Waals surface area contributed by atoms with E-state index in [1.54, 1.807) is 0 Å². The Labute approximate surface area is 168 Å². The molecule has 0 saturated heterocycles. The smallest absolute Gasteiger partial charge is 0.316 e. The fraction of sp³-hybridized carbons (Fsp3) is 0.286. The Balaban J connectivity index is 1.27. The quantitative estimate of drug-likeness (QED) is 0.706. The molecule has 0 atom stereocenters. The molecule has 7 heteroatoms. The van der Waals surface area contributed by atoms with Crippen LogP contribution in [0.15, 0.2) is 61.2 Å². The average molecular weight is 397 g/mol. The molecule has 28 heavy (non-hydrogen) atoms. The van der Waals surface area contributed by atoms with Crippen LogP contribution in [-0.2, 0) is 0 Å². The Morgan fingerprint density at radius 1 is 1.04 bits per heavy atom. The van der Waals surface area contributed by atoms with E-state index < -0.39 is 0 Å². The van der Waals surface area contributed by atoms with E-state index in [2.05, 4.69) is 15.3 Å². The summed E-state index contributed by atoms with van der Waals surface area (Å²) in [5.41, 5.74) is 1.70. The number of hydrogen-bond donors (Lipinski definition) is 1. The summed E-state index contributed by atoms with van der Waals surface area (Å²) in [6.07, 6.45) is 10.5. The number of nitrogens with one attached hydrogen (secondary N) is 1. The Morgan fingerprint density at radius 2 is 1.68 bits per heavy atom. The van der Waals surface area contributed by atoms with Gasteiger partial charge < -0.3 is 14.6 Å². The zero-order valence-corrected chi connectivity index (χ0v) is 16.0. The molecule has 1 aliphatic carbocycles. The third-order valence-corrected chi connectivity index (χ3v) is 5.11. The maximum Gasteiger partial charge on any atom is 0.316 e. The van der Waals surface area contributed by atoms with Crippen LogP contribution in [0.25, 0.3) is 5.69 Å². The van der Waals surface area contributed by atoms with Crippen molar-refractivity contribution in [2.24, 2.45) is 0 Å². The van der Waals surface area contributed by atoms with Gasteiger partial charge in [-0.3, -0.25) is 4.79 Å². The molecule has 4 rings (SSSR count). The van der Waals surface area contributed by atoms with Gasteiger partial charge in [0.1, 0.15) is 6.10 Å². The number of carbonyl (C=O) groups excluding carboxylic acids is 1. The molecule has 6 nitrogen and oxygen atoms in total. The Hall–Kier alpha value is -2.86. The van der Waals surface area contributed by atoms with E-state index >= 15 is 0 Å². The largest absolute Gasteiger partial charge is 0.460 e. The summed E-state index contributed by atoms with van der Waals surface area (Å²) in [7, 11) is 0. The van der Waals surface area contributed by atoms with E-state index in [4.69, 9.17) is 16.3 Å². The highest BCUT2D eigenvalue weighted by atomic mass is 35.5. The van der Waals surface area contributed by atoms with Crippen molar-refractivity contribution < 1.29 is 9.53 Å². The predicted molar refractivity (Wildman–Crippen MR) is 107 cm³/mol. The lowest BCUT2D eigenvalue weighted by molar-refractivity contribution is 0.0885. The minimum atomic E-state index is -0.0375. The van der Waals surface area contributed by atoms with Gasteiger partial charge in [-0.15, -0.1) is 0 Å². The number of nitrogens with zero attached hydrogens (tertiary/aromatic N) is 3. The van der Waals surface area contributed by atoms with Crippen molar-refractivity contribution >= 4 is 17.5 Å². The molecule has 1 saturated carbocycles. The predicted octanol–water partition coefficient (Wildman–Crippen LogP) is 4.04. The van der Waals surface area contributed by atoms with Gasteiger partial charge >= 0.3 is 6.01 Å². The van der Waals surface area contributed by atoms with Gasteiger partial charge in [-0.1, -0.05) is 11.6 Å². The molecule has 3 aromatic rings. The van der Waals surface area contributed by atoms with Gasteiger partial charge in [-0.25, -0.2) is 9.97 Å². The maximum absolute atomic E-state index is 12.5. The summed E-state index contributed by atoms with van der Waals surface area (Å²) < 4.78 is 7.81. The molecule has 2 aromatic heterocycles. The van der Waals surface area contributed by atoms with Crippen LogP contribution in [-0.4, -0.2) is 32.6 Å². The van der Waals surface area contributed by atoms with Crippen LogP contribution >= 0.6 is 11.6 Å². The molecule has 1 aliphatic rings. The van der Waals surface area contributed by atoms with Crippen molar-refractivity contribution in [2.75, 3.05) is 0 Å². The molecule has 1 fully saturated rings. The first kappa shape index (κ1) is 18.5. The normalized spacial score (nSPS) is 19.2. The van der Waals surface area contributed by atoms with Gasteiger partial charge in [0.15, 0.2) is 0 Å². The minimum absolute atomic E-state index is 0.0375. The molecule has 1 amide bonds. The van der Waals surface area contributed by atoms with Crippen LogP contribution in [0, 0.1) is 0 Å². The zero-order chi connectivity index (χ0) is 19.3. The second-order valence-corrected chi connectivity index (χ2v) is 7.32.